The quantitative estimate of drug-likeness (QED) is 0.862. The minimum atomic E-state index is -3.31. The first-order chi connectivity index (χ1) is 7.25. The van der Waals surface area contributed by atoms with Gasteiger partial charge in [-0.2, -0.15) is 0 Å². The third-order valence-electron chi connectivity index (χ3n) is 2.83. The van der Waals surface area contributed by atoms with Crippen molar-refractivity contribution < 1.29 is 18.7 Å². The van der Waals surface area contributed by atoms with Gasteiger partial charge in [0, 0.05) is 5.56 Å². The summed E-state index contributed by atoms with van der Waals surface area (Å²) in [6, 6.07) is 2.90. The molecule has 0 saturated heterocycles. The van der Waals surface area contributed by atoms with Crippen molar-refractivity contribution in [3.8, 4) is 0 Å². The Morgan fingerprint density at radius 3 is 2.31 bits per heavy atom. The van der Waals surface area contributed by atoms with E-state index in [0.717, 1.165) is 11.1 Å². The summed E-state index contributed by atoms with van der Waals surface area (Å²) in [4.78, 5) is 10.4. The molecule has 2 nitrogen and oxygen atoms in total. The van der Waals surface area contributed by atoms with E-state index in [9.17, 15) is 13.6 Å². The summed E-state index contributed by atoms with van der Waals surface area (Å²) in [5, 5.41) is 8.45. The van der Waals surface area contributed by atoms with Gasteiger partial charge in [-0.25, -0.2) is 8.78 Å². The predicted molar refractivity (Wildman–Crippen MR) is 56.8 cm³/mol. The van der Waals surface area contributed by atoms with E-state index < -0.39 is 18.3 Å². The van der Waals surface area contributed by atoms with Gasteiger partial charge in [0.2, 0.25) is 0 Å². The van der Waals surface area contributed by atoms with Crippen LogP contribution in [0.15, 0.2) is 12.1 Å². The second-order valence-electron chi connectivity index (χ2n) is 3.95. The van der Waals surface area contributed by atoms with Crippen LogP contribution >= 0.6 is 0 Å². The Bertz CT molecular complexity index is 425. The molecule has 4 heteroatoms. The molecule has 0 spiro atoms. The molecule has 0 radical (unpaired) electrons. The van der Waals surface area contributed by atoms with Crippen LogP contribution in [-0.4, -0.2) is 11.1 Å². The summed E-state index contributed by atoms with van der Waals surface area (Å²) in [5.74, 6) is -4.81. The fourth-order valence-electron chi connectivity index (χ4n) is 1.64. The van der Waals surface area contributed by atoms with Crippen molar-refractivity contribution in [2.45, 2.75) is 33.1 Å². The minimum absolute atomic E-state index is 0.196. The van der Waals surface area contributed by atoms with Crippen LogP contribution in [0.3, 0.4) is 0 Å². The molecule has 0 aromatic heterocycles. The standard InChI is InChI=1S/C12H14F2O2/c1-7-4-5-10(9(3)8(7)2)12(13,14)6-11(15)16/h4-5H,6H2,1-3H3,(H,15,16). The lowest BCUT2D eigenvalue weighted by molar-refractivity contribution is -0.145. The van der Waals surface area contributed by atoms with Gasteiger partial charge in [-0.15, -0.1) is 0 Å². The van der Waals surface area contributed by atoms with Gasteiger partial charge in [-0.1, -0.05) is 12.1 Å². The highest BCUT2D eigenvalue weighted by Crippen LogP contribution is 2.35. The third-order valence-corrected chi connectivity index (χ3v) is 2.83. The van der Waals surface area contributed by atoms with E-state index in [0.29, 0.717) is 5.56 Å². The summed E-state index contributed by atoms with van der Waals surface area (Å²) in [6.07, 6.45) is -1.17. The average molecular weight is 228 g/mol. The molecule has 0 aliphatic heterocycles. The number of rotatable bonds is 3. The number of alkyl halides is 2. The number of hydrogen-bond donors (Lipinski definition) is 1. The number of aliphatic carboxylic acids is 1. The smallest absolute Gasteiger partial charge is 0.309 e. The zero-order valence-electron chi connectivity index (χ0n) is 9.47. The first-order valence-corrected chi connectivity index (χ1v) is 4.92. The Labute approximate surface area is 92.9 Å². The van der Waals surface area contributed by atoms with E-state index in [-0.39, 0.29) is 5.56 Å². The maximum atomic E-state index is 13.6. The van der Waals surface area contributed by atoms with Crippen molar-refractivity contribution in [1.82, 2.24) is 0 Å². The Morgan fingerprint density at radius 1 is 1.25 bits per heavy atom. The molecule has 1 rings (SSSR count). The Balaban J connectivity index is 3.23. The summed E-state index contributed by atoms with van der Waals surface area (Å²) >= 11 is 0. The van der Waals surface area contributed by atoms with Crippen LogP contribution in [0, 0.1) is 20.8 Å². The summed E-state index contributed by atoms with van der Waals surface area (Å²) in [5.41, 5.74) is 1.97. The number of halogens is 2. The number of carboxylic acids is 1. The van der Waals surface area contributed by atoms with Gasteiger partial charge in [0.15, 0.2) is 0 Å². The lowest BCUT2D eigenvalue weighted by Crippen LogP contribution is -2.20. The van der Waals surface area contributed by atoms with E-state index in [1.54, 1.807) is 19.9 Å². The molecular weight excluding hydrogens is 214 g/mol. The normalized spacial score (nSPS) is 11.6. The number of carboxylic acid groups (broad SMARTS) is 1. The molecule has 0 atom stereocenters. The second kappa shape index (κ2) is 4.20. The van der Waals surface area contributed by atoms with Crippen molar-refractivity contribution in [3.63, 3.8) is 0 Å². The molecule has 1 aromatic rings. The Hall–Kier alpha value is -1.45. The van der Waals surface area contributed by atoms with E-state index in [4.69, 9.17) is 5.11 Å². The molecule has 0 aliphatic carbocycles. The van der Waals surface area contributed by atoms with E-state index in [2.05, 4.69) is 0 Å². The van der Waals surface area contributed by atoms with Crippen molar-refractivity contribution in [2.24, 2.45) is 0 Å². The van der Waals surface area contributed by atoms with Crippen LogP contribution < -0.4 is 0 Å². The highest BCUT2D eigenvalue weighted by molar-refractivity contribution is 5.68. The van der Waals surface area contributed by atoms with Gasteiger partial charge in [0.1, 0.15) is 6.42 Å². The van der Waals surface area contributed by atoms with Crippen LogP contribution in [0.2, 0.25) is 0 Å². The minimum Gasteiger partial charge on any atom is -0.481 e. The van der Waals surface area contributed by atoms with Crippen LogP contribution in [0.1, 0.15) is 28.7 Å². The van der Waals surface area contributed by atoms with Gasteiger partial charge >= 0.3 is 5.97 Å². The summed E-state index contributed by atoms with van der Waals surface area (Å²) in [6.45, 7) is 5.18. The molecule has 88 valence electrons. The highest BCUT2D eigenvalue weighted by Gasteiger charge is 2.36. The average Bonchev–Trinajstić information content (AvgIpc) is 2.11. The second-order valence-corrected chi connectivity index (χ2v) is 3.95. The number of carbonyl (C=O) groups is 1. The molecule has 16 heavy (non-hydrogen) atoms. The van der Waals surface area contributed by atoms with Gasteiger partial charge in [0.25, 0.3) is 5.92 Å². The topological polar surface area (TPSA) is 37.3 Å². The highest BCUT2D eigenvalue weighted by atomic mass is 19.3. The van der Waals surface area contributed by atoms with Crippen molar-refractivity contribution in [3.05, 3.63) is 34.4 Å². The number of aryl methyl sites for hydroxylation is 1. The summed E-state index contributed by atoms with van der Waals surface area (Å²) < 4.78 is 27.2. The molecule has 0 amide bonds. The molecular formula is C12H14F2O2. The molecule has 0 bridgehead atoms. The lowest BCUT2D eigenvalue weighted by atomic mass is 9.94. The SMILES string of the molecule is Cc1ccc(C(F)(F)CC(=O)O)c(C)c1C. The predicted octanol–water partition coefficient (Wildman–Crippen LogP) is 3.18. The first-order valence-electron chi connectivity index (χ1n) is 4.92. The van der Waals surface area contributed by atoms with Crippen LogP contribution in [0.4, 0.5) is 8.78 Å². The monoisotopic (exact) mass is 228 g/mol. The summed E-state index contributed by atoms with van der Waals surface area (Å²) in [7, 11) is 0. The van der Waals surface area contributed by atoms with Gasteiger partial charge < -0.3 is 5.11 Å². The first kappa shape index (κ1) is 12.6. The molecule has 0 aliphatic rings. The molecule has 0 fully saturated rings. The largest absolute Gasteiger partial charge is 0.481 e. The van der Waals surface area contributed by atoms with Crippen molar-refractivity contribution in [1.29, 1.82) is 0 Å². The zero-order chi connectivity index (χ0) is 12.5. The Morgan fingerprint density at radius 2 is 1.81 bits per heavy atom. The van der Waals surface area contributed by atoms with E-state index >= 15 is 0 Å². The fraction of sp³-hybridized carbons (Fsp3) is 0.417. The molecule has 0 heterocycles. The maximum absolute atomic E-state index is 13.6. The van der Waals surface area contributed by atoms with E-state index in [1.165, 1.54) is 6.07 Å². The van der Waals surface area contributed by atoms with Crippen LogP contribution in [0.25, 0.3) is 0 Å². The molecule has 1 N–H and O–H groups in total. The molecule has 1 aromatic carbocycles. The lowest BCUT2D eigenvalue weighted by Gasteiger charge is -2.19. The molecule has 0 saturated carbocycles. The molecule has 0 unspecified atom stereocenters. The van der Waals surface area contributed by atoms with Gasteiger partial charge in [-0.05, 0) is 37.5 Å². The van der Waals surface area contributed by atoms with Gasteiger partial charge in [0.05, 0.1) is 0 Å². The van der Waals surface area contributed by atoms with Gasteiger partial charge in [-0.3, -0.25) is 4.79 Å². The maximum Gasteiger partial charge on any atom is 0.309 e. The number of benzene rings is 1. The van der Waals surface area contributed by atoms with E-state index in [1.807, 2.05) is 6.92 Å². The van der Waals surface area contributed by atoms with Crippen molar-refractivity contribution >= 4 is 5.97 Å². The fourth-order valence-corrected chi connectivity index (χ4v) is 1.64. The zero-order valence-corrected chi connectivity index (χ0v) is 9.47. The van der Waals surface area contributed by atoms with Crippen LogP contribution in [-0.2, 0) is 10.7 Å². The van der Waals surface area contributed by atoms with Crippen LogP contribution in [0.5, 0.6) is 0 Å². The Kier molecular flexibility index (Phi) is 3.31. The van der Waals surface area contributed by atoms with Crippen molar-refractivity contribution in [2.75, 3.05) is 0 Å². The number of hydrogen-bond acceptors (Lipinski definition) is 1. The third kappa shape index (κ3) is 2.38.